The number of likely N-dealkylation sites (N-methyl/N-ethyl adjacent to an activating group) is 1. The molecule has 0 aliphatic carbocycles. The summed E-state index contributed by atoms with van der Waals surface area (Å²) in [6.45, 7) is 4.03. The number of para-hydroxylation sites is 1. The van der Waals surface area contributed by atoms with Gasteiger partial charge in [-0.05, 0) is 26.0 Å². The Hall–Kier alpha value is -2.74. The van der Waals surface area contributed by atoms with E-state index in [9.17, 15) is 14.4 Å². The number of hydrogen-bond acceptors (Lipinski definition) is 5. The lowest BCUT2D eigenvalue weighted by Crippen LogP contribution is -2.69. The summed E-state index contributed by atoms with van der Waals surface area (Å²) in [5, 5.41) is 3.27. The molecular formula is C18H18N4O3S. The summed E-state index contributed by atoms with van der Waals surface area (Å²) < 4.78 is 0. The molecule has 1 atom stereocenters. The van der Waals surface area contributed by atoms with Crippen molar-refractivity contribution in [3.8, 4) is 0 Å². The molecule has 1 fully saturated rings. The van der Waals surface area contributed by atoms with E-state index in [1.807, 2.05) is 13.8 Å². The van der Waals surface area contributed by atoms with Crippen LogP contribution < -0.4 is 10.2 Å². The standard InChI is InChI=1S/C18H18N4O3S/c1-3-21-15(24)12-6-4-5-7-13(12)22-14(23)8-9-18(21,22)16(25)20-17-19-10-11(2)26-17/h4-7,10H,3,8-9H2,1-2H3,(H,19,20,25)/t18-/m1/s1. The normalized spacial score (nSPS) is 21.6. The quantitative estimate of drug-likeness (QED) is 0.899. The van der Waals surface area contributed by atoms with Gasteiger partial charge < -0.3 is 4.90 Å². The minimum Gasteiger partial charge on any atom is -0.307 e. The molecule has 3 amide bonds. The lowest BCUT2D eigenvalue weighted by atomic mass is 9.95. The maximum atomic E-state index is 13.3. The van der Waals surface area contributed by atoms with Gasteiger partial charge >= 0.3 is 0 Å². The van der Waals surface area contributed by atoms with Crippen molar-refractivity contribution in [1.29, 1.82) is 0 Å². The fourth-order valence-corrected chi connectivity index (χ4v) is 4.48. The van der Waals surface area contributed by atoms with Gasteiger partial charge in [0.2, 0.25) is 11.6 Å². The number of anilines is 2. The topological polar surface area (TPSA) is 82.6 Å². The zero-order valence-corrected chi connectivity index (χ0v) is 15.3. The number of benzene rings is 1. The molecule has 2 aromatic rings. The zero-order valence-electron chi connectivity index (χ0n) is 14.5. The Morgan fingerprint density at radius 2 is 2.12 bits per heavy atom. The molecule has 1 N–H and O–H groups in total. The molecule has 0 bridgehead atoms. The zero-order chi connectivity index (χ0) is 18.5. The summed E-state index contributed by atoms with van der Waals surface area (Å²) in [5.74, 6) is -0.796. The molecule has 134 valence electrons. The van der Waals surface area contributed by atoms with E-state index in [4.69, 9.17) is 0 Å². The number of thiazole rings is 1. The highest BCUT2D eigenvalue weighted by Crippen LogP contribution is 2.44. The van der Waals surface area contributed by atoms with Crippen molar-refractivity contribution in [3.63, 3.8) is 0 Å². The first-order valence-electron chi connectivity index (χ1n) is 8.47. The van der Waals surface area contributed by atoms with E-state index in [2.05, 4.69) is 10.3 Å². The van der Waals surface area contributed by atoms with E-state index in [1.165, 1.54) is 21.1 Å². The Balaban J connectivity index is 1.85. The maximum absolute atomic E-state index is 13.3. The Labute approximate surface area is 154 Å². The fourth-order valence-electron chi connectivity index (χ4n) is 3.82. The summed E-state index contributed by atoms with van der Waals surface area (Å²) in [5.41, 5.74) is -0.412. The second-order valence-corrected chi connectivity index (χ2v) is 7.58. The van der Waals surface area contributed by atoms with Crippen molar-refractivity contribution in [2.24, 2.45) is 0 Å². The lowest BCUT2D eigenvalue weighted by Gasteiger charge is -2.48. The second-order valence-electron chi connectivity index (χ2n) is 6.34. The average molecular weight is 370 g/mol. The average Bonchev–Trinajstić information content (AvgIpc) is 3.19. The van der Waals surface area contributed by atoms with Crippen LogP contribution in [0.1, 0.15) is 35.0 Å². The van der Waals surface area contributed by atoms with Gasteiger partial charge in [-0.1, -0.05) is 12.1 Å². The SMILES string of the molecule is CCN1C(=O)c2ccccc2N2C(=O)CC[C@@]12C(=O)Nc1ncc(C)s1. The van der Waals surface area contributed by atoms with Crippen molar-refractivity contribution in [1.82, 2.24) is 9.88 Å². The third-order valence-corrected chi connectivity index (χ3v) is 5.72. The number of hydrogen-bond donors (Lipinski definition) is 1. The van der Waals surface area contributed by atoms with Crippen molar-refractivity contribution < 1.29 is 14.4 Å². The number of carbonyl (C=O) groups is 3. The molecule has 0 unspecified atom stereocenters. The van der Waals surface area contributed by atoms with Crippen molar-refractivity contribution in [2.45, 2.75) is 32.4 Å². The smallest absolute Gasteiger partial charge is 0.273 e. The third-order valence-electron chi connectivity index (χ3n) is 4.90. The molecule has 7 nitrogen and oxygen atoms in total. The number of amides is 3. The van der Waals surface area contributed by atoms with Crippen LogP contribution in [0.4, 0.5) is 10.8 Å². The molecular weight excluding hydrogens is 352 g/mol. The number of fused-ring (bicyclic) bond motifs is 3. The minimum absolute atomic E-state index is 0.158. The number of aryl methyl sites for hydroxylation is 1. The van der Waals surface area contributed by atoms with Gasteiger partial charge in [0, 0.05) is 30.5 Å². The van der Waals surface area contributed by atoms with Crippen LogP contribution in [0, 0.1) is 6.92 Å². The lowest BCUT2D eigenvalue weighted by molar-refractivity contribution is -0.128. The number of rotatable bonds is 3. The van der Waals surface area contributed by atoms with E-state index >= 15 is 0 Å². The number of carbonyl (C=O) groups excluding carboxylic acids is 3. The van der Waals surface area contributed by atoms with Crippen molar-refractivity contribution in [2.75, 3.05) is 16.8 Å². The summed E-state index contributed by atoms with van der Waals surface area (Å²) in [7, 11) is 0. The van der Waals surface area contributed by atoms with Gasteiger partial charge in [-0.2, -0.15) is 0 Å². The fraction of sp³-hybridized carbons (Fsp3) is 0.333. The summed E-state index contributed by atoms with van der Waals surface area (Å²) in [4.78, 5) is 47.2. The Morgan fingerprint density at radius 1 is 1.35 bits per heavy atom. The molecule has 1 aromatic carbocycles. The predicted octanol–water partition coefficient (Wildman–Crippen LogP) is 2.39. The van der Waals surface area contributed by atoms with Gasteiger partial charge in [-0.3, -0.25) is 24.6 Å². The molecule has 4 rings (SSSR count). The number of nitrogens with zero attached hydrogens (tertiary/aromatic N) is 3. The van der Waals surface area contributed by atoms with Gasteiger partial charge in [0.05, 0.1) is 11.3 Å². The van der Waals surface area contributed by atoms with Crippen LogP contribution in [0.25, 0.3) is 0 Å². The summed E-state index contributed by atoms with van der Waals surface area (Å²) >= 11 is 1.36. The van der Waals surface area contributed by atoms with Crippen LogP contribution in [0.15, 0.2) is 30.5 Å². The monoisotopic (exact) mass is 370 g/mol. The van der Waals surface area contributed by atoms with Gasteiger partial charge in [0.1, 0.15) is 0 Å². The van der Waals surface area contributed by atoms with E-state index in [-0.39, 0.29) is 24.7 Å². The van der Waals surface area contributed by atoms with E-state index in [0.717, 1.165) is 4.88 Å². The van der Waals surface area contributed by atoms with Gasteiger partial charge in [-0.25, -0.2) is 4.98 Å². The highest BCUT2D eigenvalue weighted by Gasteiger charge is 2.60. The molecule has 1 saturated heterocycles. The summed E-state index contributed by atoms with van der Waals surface area (Å²) in [6.07, 6.45) is 2.15. The second kappa shape index (κ2) is 5.91. The summed E-state index contributed by atoms with van der Waals surface area (Å²) in [6, 6.07) is 6.94. The first kappa shape index (κ1) is 16.7. The van der Waals surface area contributed by atoms with E-state index < -0.39 is 11.6 Å². The van der Waals surface area contributed by atoms with Crippen LogP contribution in [0.3, 0.4) is 0 Å². The minimum atomic E-state index is -1.35. The molecule has 0 saturated carbocycles. The van der Waals surface area contributed by atoms with Crippen LogP contribution in [-0.2, 0) is 9.59 Å². The molecule has 2 aliphatic rings. The first-order valence-corrected chi connectivity index (χ1v) is 9.28. The Bertz CT molecular complexity index is 925. The van der Waals surface area contributed by atoms with Gasteiger partial charge in [0.25, 0.3) is 11.8 Å². The first-order chi connectivity index (χ1) is 12.5. The van der Waals surface area contributed by atoms with Crippen molar-refractivity contribution >= 4 is 39.9 Å². The van der Waals surface area contributed by atoms with Gasteiger partial charge in [-0.15, -0.1) is 11.3 Å². The Morgan fingerprint density at radius 3 is 2.81 bits per heavy atom. The highest BCUT2D eigenvalue weighted by molar-refractivity contribution is 7.15. The third kappa shape index (κ3) is 2.18. The molecule has 1 aromatic heterocycles. The molecule has 8 heteroatoms. The maximum Gasteiger partial charge on any atom is 0.273 e. The van der Waals surface area contributed by atoms with E-state index in [1.54, 1.807) is 30.5 Å². The number of aromatic nitrogens is 1. The van der Waals surface area contributed by atoms with E-state index in [0.29, 0.717) is 22.9 Å². The van der Waals surface area contributed by atoms with Crippen LogP contribution in [-0.4, -0.2) is 39.8 Å². The van der Waals surface area contributed by atoms with Crippen molar-refractivity contribution in [3.05, 3.63) is 40.9 Å². The van der Waals surface area contributed by atoms with Crippen LogP contribution >= 0.6 is 11.3 Å². The molecule has 0 spiro atoms. The van der Waals surface area contributed by atoms with Crippen LogP contribution in [0.5, 0.6) is 0 Å². The highest BCUT2D eigenvalue weighted by atomic mass is 32.1. The molecule has 26 heavy (non-hydrogen) atoms. The number of nitrogens with one attached hydrogen (secondary N) is 1. The molecule has 0 radical (unpaired) electrons. The molecule has 2 aliphatic heterocycles. The predicted molar refractivity (Wildman–Crippen MR) is 98.1 cm³/mol. The van der Waals surface area contributed by atoms with Crippen LogP contribution in [0.2, 0.25) is 0 Å². The molecule has 3 heterocycles. The largest absolute Gasteiger partial charge is 0.307 e. The Kier molecular flexibility index (Phi) is 3.80. The van der Waals surface area contributed by atoms with Gasteiger partial charge in [0.15, 0.2) is 5.13 Å².